The SMILES string of the molecule is Cc1ccnc(NC2CCCN(Cc3cnc(N(C)C)nc3)C2)n1. The molecule has 7 nitrogen and oxygen atoms in total. The van der Waals surface area contributed by atoms with Gasteiger partial charge in [-0.2, -0.15) is 0 Å². The number of hydrogen-bond acceptors (Lipinski definition) is 7. The third-order valence-corrected chi connectivity index (χ3v) is 4.13. The Morgan fingerprint density at radius 1 is 1.25 bits per heavy atom. The number of piperidine rings is 1. The van der Waals surface area contributed by atoms with Crippen molar-refractivity contribution in [2.75, 3.05) is 37.4 Å². The van der Waals surface area contributed by atoms with Crippen LogP contribution in [0.1, 0.15) is 24.1 Å². The van der Waals surface area contributed by atoms with Gasteiger partial charge in [-0.1, -0.05) is 0 Å². The van der Waals surface area contributed by atoms with Crippen LogP contribution in [0.5, 0.6) is 0 Å². The van der Waals surface area contributed by atoms with Gasteiger partial charge < -0.3 is 10.2 Å². The zero-order chi connectivity index (χ0) is 16.9. The fraction of sp³-hybridized carbons (Fsp3) is 0.529. The van der Waals surface area contributed by atoms with Crippen molar-refractivity contribution < 1.29 is 0 Å². The standard InChI is InChI=1S/C17H25N7/c1-13-6-7-18-16(21-13)22-15-5-4-8-24(12-15)11-14-9-19-17(20-10-14)23(2)3/h6-7,9-10,15H,4-5,8,11-12H2,1-3H3,(H,18,21,22). The molecule has 0 radical (unpaired) electrons. The van der Waals surface area contributed by atoms with Crippen molar-refractivity contribution in [3.63, 3.8) is 0 Å². The highest BCUT2D eigenvalue weighted by Crippen LogP contribution is 2.16. The van der Waals surface area contributed by atoms with Crippen LogP contribution >= 0.6 is 0 Å². The van der Waals surface area contributed by atoms with E-state index in [-0.39, 0.29) is 0 Å². The molecule has 3 rings (SSSR count). The van der Waals surface area contributed by atoms with Gasteiger partial charge >= 0.3 is 0 Å². The van der Waals surface area contributed by atoms with Crippen LogP contribution in [0.4, 0.5) is 11.9 Å². The first-order valence-corrected chi connectivity index (χ1v) is 8.37. The van der Waals surface area contributed by atoms with Crippen LogP contribution in [0.3, 0.4) is 0 Å². The van der Waals surface area contributed by atoms with Gasteiger partial charge in [0.05, 0.1) is 0 Å². The fourth-order valence-corrected chi connectivity index (χ4v) is 2.94. The summed E-state index contributed by atoms with van der Waals surface area (Å²) in [5.41, 5.74) is 2.13. The van der Waals surface area contributed by atoms with Gasteiger partial charge in [-0.05, 0) is 32.4 Å². The first-order valence-electron chi connectivity index (χ1n) is 8.37. The molecule has 1 fully saturated rings. The Hall–Kier alpha value is -2.28. The lowest BCUT2D eigenvalue weighted by molar-refractivity contribution is 0.208. The number of nitrogens with zero attached hydrogens (tertiary/aromatic N) is 6. The molecule has 0 aromatic carbocycles. The van der Waals surface area contributed by atoms with E-state index in [0.717, 1.165) is 49.2 Å². The first kappa shape index (κ1) is 16.6. The summed E-state index contributed by atoms with van der Waals surface area (Å²) in [5, 5.41) is 3.46. The highest BCUT2D eigenvalue weighted by Gasteiger charge is 2.20. The summed E-state index contributed by atoms with van der Waals surface area (Å²) in [6.07, 6.45) is 7.95. The molecule has 1 aliphatic rings. The lowest BCUT2D eigenvalue weighted by atomic mass is 10.1. The molecule has 2 aromatic rings. The number of nitrogens with one attached hydrogen (secondary N) is 1. The maximum atomic E-state index is 4.44. The van der Waals surface area contributed by atoms with Crippen molar-refractivity contribution in [3.05, 3.63) is 35.9 Å². The zero-order valence-corrected chi connectivity index (χ0v) is 14.6. The van der Waals surface area contributed by atoms with Crippen LogP contribution < -0.4 is 10.2 Å². The van der Waals surface area contributed by atoms with Crippen LogP contribution in [-0.2, 0) is 6.54 Å². The summed E-state index contributed by atoms with van der Waals surface area (Å²) in [4.78, 5) is 21.9. The van der Waals surface area contributed by atoms with E-state index in [0.29, 0.717) is 6.04 Å². The van der Waals surface area contributed by atoms with Gasteiger partial charge in [0.2, 0.25) is 11.9 Å². The molecule has 1 unspecified atom stereocenters. The molecule has 0 aliphatic carbocycles. The van der Waals surface area contributed by atoms with Crippen molar-refractivity contribution in [1.29, 1.82) is 0 Å². The number of anilines is 2. The largest absolute Gasteiger partial charge is 0.350 e. The van der Waals surface area contributed by atoms with E-state index in [2.05, 4.69) is 30.2 Å². The topological polar surface area (TPSA) is 70.1 Å². The molecule has 24 heavy (non-hydrogen) atoms. The third kappa shape index (κ3) is 4.38. The molecular formula is C17H25N7. The molecule has 1 atom stereocenters. The van der Waals surface area contributed by atoms with E-state index in [1.165, 1.54) is 6.42 Å². The highest BCUT2D eigenvalue weighted by molar-refractivity contribution is 5.28. The Kier molecular flexibility index (Phi) is 5.20. The van der Waals surface area contributed by atoms with Crippen LogP contribution in [0, 0.1) is 6.92 Å². The summed E-state index contributed by atoms with van der Waals surface area (Å²) in [6.45, 7) is 4.94. The minimum absolute atomic E-state index is 0.377. The van der Waals surface area contributed by atoms with Crippen molar-refractivity contribution in [1.82, 2.24) is 24.8 Å². The second kappa shape index (κ2) is 7.53. The summed E-state index contributed by atoms with van der Waals surface area (Å²) in [6, 6.07) is 2.29. The first-order chi connectivity index (χ1) is 11.6. The normalized spacial score (nSPS) is 18.4. The molecule has 3 heterocycles. The van der Waals surface area contributed by atoms with Gasteiger partial charge in [-0.15, -0.1) is 0 Å². The number of rotatable bonds is 5. The number of likely N-dealkylation sites (tertiary alicyclic amines) is 1. The van der Waals surface area contributed by atoms with Crippen molar-refractivity contribution in [2.45, 2.75) is 32.4 Å². The minimum Gasteiger partial charge on any atom is -0.350 e. The molecule has 2 aromatic heterocycles. The van der Waals surface area contributed by atoms with Crippen molar-refractivity contribution in [2.24, 2.45) is 0 Å². The molecule has 128 valence electrons. The summed E-state index contributed by atoms with van der Waals surface area (Å²) < 4.78 is 0. The predicted octanol–water partition coefficient (Wildman–Crippen LogP) is 1.72. The molecule has 1 N–H and O–H groups in total. The quantitative estimate of drug-likeness (QED) is 0.896. The van der Waals surface area contributed by atoms with Crippen molar-refractivity contribution in [3.8, 4) is 0 Å². The van der Waals surface area contributed by atoms with Crippen LogP contribution in [0.2, 0.25) is 0 Å². The average molecular weight is 327 g/mol. The van der Waals surface area contributed by atoms with Crippen molar-refractivity contribution >= 4 is 11.9 Å². The maximum absolute atomic E-state index is 4.44. The molecule has 0 bridgehead atoms. The van der Waals surface area contributed by atoms with E-state index in [1.54, 1.807) is 6.20 Å². The number of aryl methyl sites for hydroxylation is 1. The summed E-state index contributed by atoms with van der Waals surface area (Å²) in [7, 11) is 3.90. The van der Waals surface area contributed by atoms with Gasteiger partial charge in [0.1, 0.15) is 0 Å². The molecule has 1 saturated heterocycles. The monoisotopic (exact) mass is 327 g/mol. The smallest absolute Gasteiger partial charge is 0.224 e. The van der Waals surface area contributed by atoms with Gasteiger partial charge in [-0.25, -0.2) is 19.9 Å². The average Bonchev–Trinajstić information content (AvgIpc) is 2.56. The summed E-state index contributed by atoms with van der Waals surface area (Å²) >= 11 is 0. The maximum Gasteiger partial charge on any atom is 0.224 e. The van der Waals surface area contributed by atoms with Crippen LogP contribution in [-0.4, -0.2) is 58.1 Å². The lowest BCUT2D eigenvalue weighted by Gasteiger charge is -2.33. The molecule has 0 amide bonds. The fourth-order valence-electron chi connectivity index (χ4n) is 2.94. The van der Waals surface area contributed by atoms with Crippen LogP contribution in [0.15, 0.2) is 24.7 Å². The van der Waals surface area contributed by atoms with E-state index < -0.39 is 0 Å². The van der Waals surface area contributed by atoms with E-state index in [4.69, 9.17) is 0 Å². The minimum atomic E-state index is 0.377. The third-order valence-electron chi connectivity index (χ3n) is 4.13. The lowest BCUT2D eigenvalue weighted by Crippen LogP contribution is -2.42. The second-order valence-corrected chi connectivity index (χ2v) is 6.53. The van der Waals surface area contributed by atoms with Gasteiger partial charge in [0.25, 0.3) is 0 Å². The number of hydrogen-bond donors (Lipinski definition) is 1. The Balaban J connectivity index is 1.57. The Morgan fingerprint density at radius 2 is 2.04 bits per heavy atom. The van der Waals surface area contributed by atoms with Gasteiger partial charge in [0.15, 0.2) is 0 Å². The molecule has 7 heteroatoms. The second-order valence-electron chi connectivity index (χ2n) is 6.53. The molecule has 1 aliphatic heterocycles. The Morgan fingerprint density at radius 3 is 2.75 bits per heavy atom. The van der Waals surface area contributed by atoms with E-state index >= 15 is 0 Å². The predicted molar refractivity (Wildman–Crippen MR) is 95.0 cm³/mol. The highest BCUT2D eigenvalue weighted by atomic mass is 15.2. The Bertz CT molecular complexity index is 656. The van der Waals surface area contributed by atoms with E-state index in [1.807, 2.05) is 44.4 Å². The molecule has 0 spiro atoms. The van der Waals surface area contributed by atoms with Gasteiger partial charge in [0, 0.05) is 63.1 Å². The Labute approximate surface area is 143 Å². The molecular weight excluding hydrogens is 302 g/mol. The summed E-state index contributed by atoms with van der Waals surface area (Å²) in [5.74, 6) is 1.47. The molecule has 0 saturated carbocycles. The number of aromatic nitrogens is 4. The zero-order valence-electron chi connectivity index (χ0n) is 14.6. The van der Waals surface area contributed by atoms with Crippen LogP contribution in [0.25, 0.3) is 0 Å². The van der Waals surface area contributed by atoms with E-state index in [9.17, 15) is 0 Å². The van der Waals surface area contributed by atoms with Gasteiger partial charge in [-0.3, -0.25) is 4.90 Å².